The van der Waals surface area contributed by atoms with E-state index >= 15 is 0 Å². The number of benzene rings is 4. The fraction of sp³-hybridized carbons (Fsp3) is 0.129. The monoisotopic (exact) mass is 516 g/mol. The van der Waals surface area contributed by atoms with Crippen LogP contribution in [0.3, 0.4) is 0 Å². The zero-order valence-electron chi connectivity index (χ0n) is 21.4. The third-order valence-electron chi connectivity index (χ3n) is 6.99. The lowest BCUT2D eigenvalue weighted by Gasteiger charge is -2.29. The van der Waals surface area contributed by atoms with Crippen molar-refractivity contribution in [1.82, 2.24) is 19.6 Å². The molecular formula is C31H24N4O4. The lowest BCUT2D eigenvalue weighted by Crippen LogP contribution is -2.15. The summed E-state index contributed by atoms with van der Waals surface area (Å²) >= 11 is 0. The lowest BCUT2D eigenvalue weighted by atomic mass is 9.82. The van der Waals surface area contributed by atoms with Gasteiger partial charge in [0, 0.05) is 16.9 Å². The van der Waals surface area contributed by atoms with E-state index in [1.165, 1.54) is 0 Å². The van der Waals surface area contributed by atoms with E-state index in [0.29, 0.717) is 28.9 Å². The molecule has 0 spiro atoms. The highest BCUT2D eigenvalue weighted by Gasteiger charge is 2.34. The fourth-order valence-corrected chi connectivity index (χ4v) is 5.20. The van der Waals surface area contributed by atoms with Crippen molar-refractivity contribution in [1.29, 1.82) is 0 Å². The Labute approximate surface area is 224 Å². The maximum atomic E-state index is 6.51. The van der Waals surface area contributed by atoms with Crippen LogP contribution in [0.15, 0.2) is 91.3 Å². The number of para-hydroxylation sites is 1. The molecule has 0 aliphatic carbocycles. The first-order valence-corrected chi connectivity index (χ1v) is 12.6. The van der Waals surface area contributed by atoms with Crippen molar-refractivity contribution in [2.24, 2.45) is 0 Å². The fourth-order valence-electron chi connectivity index (χ4n) is 5.20. The summed E-state index contributed by atoms with van der Waals surface area (Å²) in [6.45, 7) is 0.226. The number of ether oxygens (including phenoxy) is 4. The second-order valence-corrected chi connectivity index (χ2v) is 9.22. The molecule has 0 amide bonds. The number of nitrogens with zero attached hydrogens (tertiary/aromatic N) is 4. The van der Waals surface area contributed by atoms with E-state index in [2.05, 4.69) is 34.3 Å². The van der Waals surface area contributed by atoms with Crippen molar-refractivity contribution in [2.75, 3.05) is 14.2 Å². The van der Waals surface area contributed by atoms with E-state index in [1.807, 2.05) is 60.7 Å². The average molecular weight is 517 g/mol. The Morgan fingerprint density at radius 1 is 0.872 bits per heavy atom. The molecule has 0 saturated heterocycles. The highest BCUT2D eigenvalue weighted by Crippen LogP contribution is 2.51. The van der Waals surface area contributed by atoms with Crippen molar-refractivity contribution in [3.05, 3.63) is 114 Å². The SMILES string of the molecule is COc1ccc([C@@H]2c3ccc4ccccc4c3Oc3ncn4nc(COc5ccccc5)nc4c32)cc1OC. The van der Waals surface area contributed by atoms with Crippen molar-refractivity contribution in [3.8, 4) is 28.9 Å². The minimum Gasteiger partial charge on any atom is -0.493 e. The smallest absolute Gasteiger partial charge is 0.228 e. The molecule has 39 heavy (non-hydrogen) atoms. The Morgan fingerprint density at radius 3 is 2.54 bits per heavy atom. The standard InChI is InChI=1S/C31H24N4O4/c1-36-24-15-13-20(16-25(24)37-2)27-23-14-12-19-8-6-7-11-22(19)29(23)39-31-28(27)30-33-26(34-35(30)18-32-31)17-38-21-9-4-3-5-10-21/h3-16,18,27H,17H2,1-2H3/t27-/m1/s1. The summed E-state index contributed by atoms with van der Waals surface area (Å²) in [7, 11) is 3.27. The Morgan fingerprint density at radius 2 is 1.69 bits per heavy atom. The topological polar surface area (TPSA) is 80.0 Å². The molecule has 0 fully saturated rings. The largest absolute Gasteiger partial charge is 0.493 e. The molecule has 8 heteroatoms. The van der Waals surface area contributed by atoms with Crippen LogP contribution in [0, 0.1) is 0 Å². The van der Waals surface area contributed by atoms with Gasteiger partial charge in [-0.1, -0.05) is 60.7 Å². The third-order valence-corrected chi connectivity index (χ3v) is 6.99. The third kappa shape index (κ3) is 3.88. The normalized spacial score (nSPS) is 13.9. The maximum Gasteiger partial charge on any atom is 0.228 e. The van der Waals surface area contributed by atoms with Gasteiger partial charge < -0.3 is 18.9 Å². The summed E-state index contributed by atoms with van der Waals surface area (Å²) in [5.41, 5.74) is 3.48. The summed E-state index contributed by atoms with van der Waals surface area (Å²) < 4.78 is 25.3. The molecule has 7 rings (SSSR count). The van der Waals surface area contributed by atoms with Gasteiger partial charge in [-0.2, -0.15) is 0 Å². The molecule has 8 nitrogen and oxygen atoms in total. The number of fused-ring (bicyclic) bond motifs is 6. The van der Waals surface area contributed by atoms with Crippen LogP contribution < -0.4 is 18.9 Å². The predicted molar refractivity (Wildman–Crippen MR) is 146 cm³/mol. The van der Waals surface area contributed by atoms with Gasteiger partial charge in [0.1, 0.15) is 24.4 Å². The van der Waals surface area contributed by atoms with Crippen LogP contribution in [0.25, 0.3) is 16.4 Å². The summed E-state index contributed by atoms with van der Waals surface area (Å²) in [5.74, 6) is 3.64. The van der Waals surface area contributed by atoms with Gasteiger partial charge >= 0.3 is 0 Å². The Kier molecular flexibility index (Phi) is 5.51. The molecule has 0 radical (unpaired) electrons. The highest BCUT2D eigenvalue weighted by atomic mass is 16.5. The van der Waals surface area contributed by atoms with Gasteiger partial charge in [0.15, 0.2) is 23.0 Å². The lowest BCUT2D eigenvalue weighted by molar-refractivity contribution is 0.296. The Bertz CT molecular complexity index is 1830. The summed E-state index contributed by atoms with van der Waals surface area (Å²) in [4.78, 5) is 9.56. The molecule has 192 valence electrons. The number of rotatable bonds is 6. The first-order valence-electron chi connectivity index (χ1n) is 12.6. The van der Waals surface area contributed by atoms with Crippen molar-refractivity contribution in [3.63, 3.8) is 0 Å². The second kappa shape index (κ2) is 9.33. The molecule has 1 atom stereocenters. The minimum absolute atomic E-state index is 0.226. The molecule has 0 bridgehead atoms. The van der Waals surface area contributed by atoms with Gasteiger partial charge in [0.25, 0.3) is 0 Å². The molecular weight excluding hydrogens is 492 g/mol. The van der Waals surface area contributed by atoms with Gasteiger partial charge in [0.2, 0.25) is 5.88 Å². The van der Waals surface area contributed by atoms with E-state index in [4.69, 9.17) is 23.9 Å². The van der Waals surface area contributed by atoms with Gasteiger partial charge in [-0.15, -0.1) is 5.10 Å². The first kappa shape index (κ1) is 23.0. The Hall–Kier alpha value is -5.11. The van der Waals surface area contributed by atoms with Crippen LogP contribution in [0.2, 0.25) is 0 Å². The van der Waals surface area contributed by atoms with Gasteiger partial charge in [-0.3, -0.25) is 0 Å². The average Bonchev–Trinajstić information content (AvgIpc) is 3.42. The second-order valence-electron chi connectivity index (χ2n) is 9.22. The quantitative estimate of drug-likeness (QED) is 0.262. The molecule has 1 aliphatic rings. The maximum absolute atomic E-state index is 6.51. The van der Waals surface area contributed by atoms with E-state index in [0.717, 1.165) is 39.0 Å². The molecule has 0 N–H and O–H groups in total. The number of hydrogen-bond donors (Lipinski definition) is 0. The highest BCUT2D eigenvalue weighted by molar-refractivity contribution is 5.91. The van der Waals surface area contributed by atoms with E-state index in [-0.39, 0.29) is 12.5 Å². The molecule has 4 aromatic carbocycles. The molecule has 6 aromatic rings. The predicted octanol–water partition coefficient (Wildman–Crippen LogP) is 6.16. The minimum atomic E-state index is -0.239. The number of methoxy groups -OCH3 is 2. The van der Waals surface area contributed by atoms with E-state index < -0.39 is 0 Å². The van der Waals surface area contributed by atoms with Gasteiger partial charge in [-0.25, -0.2) is 14.5 Å². The van der Waals surface area contributed by atoms with E-state index in [1.54, 1.807) is 25.1 Å². The van der Waals surface area contributed by atoms with Crippen molar-refractivity contribution in [2.45, 2.75) is 12.5 Å². The van der Waals surface area contributed by atoms with Crippen molar-refractivity contribution >= 4 is 16.4 Å². The molecule has 2 aromatic heterocycles. The summed E-state index contributed by atoms with van der Waals surface area (Å²) in [6, 6.07) is 28.0. The first-order chi connectivity index (χ1) is 19.2. The van der Waals surface area contributed by atoms with E-state index in [9.17, 15) is 0 Å². The number of hydrogen-bond acceptors (Lipinski definition) is 7. The number of aromatic nitrogens is 4. The zero-order chi connectivity index (χ0) is 26.3. The van der Waals surface area contributed by atoms with Crippen LogP contribution in [0.4, 0.5) is 0 Å². The summed E-state index contributed by atoms with van der Waals surface area (Å²) in [5, 5.41) is 6.76. The van der Waals surface area contributed by atoms with Crippen LogP contribution >= 0.6 is 0 Å². The van der Waals surface area contributed by atoms with Crippen molar-refractivity contribution < 1.29 is 18.9 Å². The van der Waals surface area contributed by atoms with Gasteiger partial charge in [-0.05, 0) is 35.2 Å². The molecule has 0 unspecified atom stereocenters. The van der Waals surface area contributed by atoms with Crippen LogP contribution in [-0.2, 0) is 6.61 Å². The molecule has 0 saturated carbocycles. The van der Waals surface area contributed by atoms with Crippen LogP contribution in [0.5, 0.6) is 28.9 Å². The summed E-state index contributed by atoms with van der Waals surface area (Å²) in [6.07, 6.45) is 1.63. The molecule has 1 aliphatic heterocycles. The van der Waals surface area contributed by atoms with Crippen LogP contribution in [0.1, 0.15) is 28.4 Å². The van der Waals surface area contributed by atoms with Gasteiger partial charge in [0.05, 0.1) is 19.8 Å². The van der Waals surface area contributed by atoms with Crippen LogP contribution in [-0.4, -0.2) is 33.8 Å². The Balaban J connectivity index is 1.41. The molecule has 3 heterocycles. The zero-order valence-corrected chi connectivity index (χ0v) is 21.4.